The molecule has 1 aliphatic rings. The van der Waals surface area contributed by atoms with Gasteiger partial charge in [0.15, 0.2) is 6.61 Å². The minimum atomic E-state index is -0.580. The van der Waals surface area contributed by atoms with E-state index in [1.165, 1.54) is 14.2 Å². The van der Waals surface area contributed by atoms with Gasteiger partial charge in [0.25, 0.3) is 11.8 Å². The standard InChI is InChI=1S/C23H22N2O6/c1-14-21(23(28)30-3)17(22(27)24-14)12-15-8-10-16(11-9-15)31-13-20(26)25-18-6-4-5-7-19(18)29-2/h4-12H,13H2,1-3H3,(H,24,27)(H,25,26). The van der Waals surface area contributed by atoms with E-state index < -0.39 is 5.97 Å². The van der Waals surface area contributed by atoms with Gasteiger partial charge in [0.2, 0.25) is 0 Å². The largest absolute Gasteiger partial charge is 0.495 e. The molecule has 2 aromatic carbocycles. The van der Waals surface area contributed by atoms with E-state index in [0.29, 0.717) is 28.4 Å². The predicted octanol–water partition coefficient (Wildman–Crippen LogP) is 2.67. The highest BCUT2D eigenvalue weighted by Gasteiger charge is 2.30. The number of nitrogens with one attached hydrogen (secondary N) is 2. The number of hydrogen-bond donors (Lipinski definition) is 2. The summed E-state index contributed by atoms with van der Waals surface area (Å²) in [6.45, 7) is 1.45. The van der Waals surface area contributed by atoms with Crippen molar-refractivity contribution in [3.05, 3.63) is 70.9 Å². The van der Waals surface area contributed by atoms with E-state index in [1.54, 1.807) is 55.5 Å². The Hall–Kier alpha value is -4.07. The second-order valence-corrected chi connectivity index (χ2v) is 6.61. The van der Waals surface area contributed by atoms with Crippen LogP contribution in [0, 0.1) is 0 Å². The lowest BCUT2D eigenvalue weighted by Crippen LogP contribution is -2.20. The van der Waals surface area contributed by atoms with Crippen LogP contribution in [0.25, 0.3) is 6.08 Å². The fourth-order valence-electron chi connectivity index (χ4n) is 3.03. The van der Waals surface area contributed by atoms with E-state index in [2.05, 4.69) is 10.6 Å². The molecular formula is C23H22N2O6. The van der Waals surface area contributed by atoms with Crippen molar-refractivity contribution in [3.63, 3.8) is 0 Å². The maximum atomic E-state index is 12.2. The molecule has 0 unspecified atom stereocenters. The first-order valence-electron chi connectivity index (χ1n) is 9.41. The van der Waals surface area contributed by atoms with Crippen molar-refractivity contribution in [2.75, 3.05) is 26.1 Å². The summed E-state index contributed by atoms with van der Waals surface area (Å²) in [5, 5.41) is 5.35. The molecule has 1 heterocycles. The maximum Gasteiger partial charge on any atom is 0.340 e. The number of carbonyl (C=O) groups is 3. The molecule has 0 fully saturated rings. The number of benzene rings is 2. The van der Waals surface area contributed by atoms with Gasteiger partial charge in [-0.1, -0.05) is 24.3 Å². The Morgan fingerprint density at radius 3 is 2.45 bits per heavy atom. The van der Waals surface area contributed by atoms with E-state index >= 15 is 0 Å². The SMILES string of the molecule is COC(=O)C1=C(C)NC(=O)C1=Cc1ccc(OCC(=O)Nc2ccccc2OC)cc1. The van der Waals surface area contributed by atoms with Crippen molar-refractivity contribution in [1.29, 1.82) is 0 Å². The summed E-state index contributed by atoms with van der Waals surface area (Å²) in [6, 6.07) is 13.9. The van der Waals surface area contributed by atoms with Crippen LogP contribution in [0.5, 0.6) is 11.5 Å². The fourth-order valence-corrected chi connectivity index (χ4v) is 3.03. The monoisotopic (exact) mass is 422 g/mol. The van der Waals surface area contributed by atoms with E-state index in [9.17, 15) is 14.4 Å². The van der Waals surface area contributed by atoms with Gasteiger partial charge < -0.3 is 24.8 Å². The molecule has 2 N–H and O–H groups in total. The van der Waals surface area contributed by atoms with Crippen LogP contribution >= 0.6 is 0 Å². The molecule has 2 aromatic rings. The average molecular weight is 422 g/mol. The number of allylic oxidation sites excluding steroid dienone is 1. The molecule has 31 heavy (non-hydrogen) atoms. The molecule has 1 aliphatic heterocycles. The molecule has 0 saturated heterocycles. The molecule has 0 aromatic heterocycles. The van der Waals surface area contributed by atoms with Crippen LogP contribution in [0.4, 0.5) is 5.69 Å². The van der Waals surface area contributed by atoms with Gasteiger partial charge >= 0.3 is 5.97 Å². The minimum Gasteiger partial charge on any atom is -0.495 e. The second-order valence-electron chi connectivity index (χ2n) is 6.61. The lowest BCUT2D eigenvalue weighted by atomic mass is 10.0. The van der Waals surface area contributed by atoms with Crippen LogP contribution in [-0.2, 0) is 19.1 Å². The highest BCUT2D eigenvalue weighted by atomic mass is 16.5. The van der Waals surface area contributed by atoms with Crippen LogP contribution in [0.2, 0.25) is 0 Å². The summed E-state index contributed by atoms with van der Waals surface area (Å²) < 4.78 is 15.5. The Morgan fingerprint density at radius 2 is 1.77 bits per heavy atom. The highest BCUT2D eigenvalue weighted by molar-refractivity contribution is 6.16. The summed E-state index contributed by atoms with van der Waals surface area (Å²) in [5.74, 6) is -0.246. The van der Waals surface area contributed by atoms with Crippen molar-refractivity contribution in [2.24, 2.45) is 0 Å². The number of methoxy groups -OCH3 is 2. The Kier molecular flexibility index (Phi) is 6.71. The van der Waals surface area contributed by atoms with E-state index in [1.807, 2.05) is 6.07 Å². The van der Waals surface area contributed by atoms with Gasteiger partial charge in [-0.3, -0.25) is 9.59 Å². The zero-order chi connectivity index (χ0) is 22.4. The second kappa shape index (κ2) is 9.62. The lowest BCUT2D eigenvalue weighted by Gasteiger charge is -2.10. The van der Waals surface area contributed by atoms with Gasteiger partial charge in [-0.15, -0.1) is 0 Å². The van der Waals surface area contributed by atoms with E-state index in [-0.39, 0.29) is 29.6 Å². The molecule has 8 nitrogen and oxygen atoms in total. The van der Waals surface area contributed by atoms with Crippen molar-refractivity contribution in [1.82, 2.24) is 5.32 Å². The van der Waals surface area contributed by atoms with Crippen molar-refractivity contribution in [2.45, 2.75) is 6.92 Å². The fraction of sp³-hybridized carbons (Fsp3) is 0.174. The van der Waals surface area contributed by atoms with Gasteiger partial charge in [0.05, 0.1) is 31.1 Å². The molecule has 0 radical (unpaired) electrons. The molecule has 0 aliphatic carbocycles. The van der Waals surface area contributed by atoms with Crippen molar-refractivity contribution >= 4 is 29.5 Å². The first kappa shape index (κ1) is 21.6. The van der Waals surface area contributed by atoms with Gasteiger partial charge in [0.1, 0.15) is 11.5 Å². The molecule has 160 valence electrons. The molecule has 8 heteroatoms. The van der Waals surface area contributed by atoms with Gasteiger partial charge in [-0.2, -0.15) is 0 Å². The van der Waals surface area contributed by atoms with Crippen LogP contribution in [0.15, 0.2) is 65.4 Å². The number of carbonyl (C=O) groups excluding carboxylic acids is 3. The molecule has 3 rings (SSSR count). The Morgan fingerprint density at radius 1 is 1.06 bits per heavy atom. The molecule has 0 spiro atoms. The van der Waals surface area contributed by atoms with Crippen LogP contribution in [0.1, 0.15) is 12.5 Å². The Bertz CT molecular complexity index is 1070. The first-order chi connectivity index (χ1) is 14.9. The third-order valence-electron chi connectivity index (χ3n) is 4.52. The molecule has 0 bridgehead atoms. The smallest absolute Gasteiger partial charge is 0.340 e. The summed E-state index contributed by atoms with van der Waals surface area (Å²) in [7, 11) is 2.79. The zero-order valence-electron chi connectivity index (χ0n) is 17.4. The number of anilines is 1. The molecule has 0 saturated carbocycles. The molecule has 0 atom stereocenters. The highest BCUT2D eigenvalue weighted by Crippen LogP contribution is 2.26. The summed E-state index contributed by atoms with van der Waals surface area (Å²) in [6.07, 6.45) is 1.59. The first-order valence-corrected chi connectivity index (χ1v) is 9.41. The summed E-state index contributed by atoms with van der Waals surface area (Å²) in [5.41, 5.74) is 2.13. The molecular weight excluding hydrogens is 400 g/mol. The summed E-state index contributed by atoms with van der Waals surface area (Å²) >= 11 is 0. The molecule has 2 amide bonds. The lowest BCUT2D eigenvalue weighted by molar-refractivity contribution is -0.136. The maximum absolute atomic E-state index is 12.2. The minimum absolute atomic E-state index is 0.185. The zero-order valence-corrected chi connectivity index (χ0v) is 17.4. The Balaban J connectivity index is 1.64. The number of esters is 1. The van der Waals surface area contributed by atoms with Crippen molar-refractivity contribution in [3.8, 4) is 11.5 Å². The number of amides is 2. The Labute approximate surface area is 179 Å². The van der Waals surface area contributed by atoms with Gasteiger partial charge in [-0.05, 0) is 42.8 Å². The normalized spacial score (nSPS) is 14.3. The van der Waals surface area contributed by atoms with Crippen LogP contribution in [0.3, 0.4) is 0 Å². The van der Waals surface area contributed by atoms with E-state index in [0.717, 1.165) is 0 Å². The predicted molar refractivity (Wildman–Crippen MR) is 114 cm³/mol. The van der Waals surface area contributed by atoms with Gasteiger partial charge in [-0.25, -0.2) is 4.79 Å². The number of rotatable bonds is 7. The number of para-hydroxylation sites is 2. The third kappa shape index (κ3) is 5.11. The number of hydrogen-bond acceptors (Lipinski definition) is 6. The van der Waals surface area contributed by atoms with E-state index in [4.69, 9.17) is 14.2 Å². The topological polar surface area (TPSA) is 103 Å². The van der Waals surface area contributed by atoms with Crippen LogP contribution in [-0.4, -0.2) is 38.6 Å². The van der Waals surface area contributed by atoms with Crippen LogP contribution < -0.4 is 20.1 Å². The number of ether oxygens (including phenoxy) is 3. The quantitative estimate of drug-likeness (QED) is 0.525. The van der Waals surface area contributed by atoms with Gasteiger partial charge in [0, 0.05) is 5.70 Å². The third-order valence-corrected chi connectivity index (χ3v) is 4.52. The summed E-state index contributed by atoms with van der Waals surface area (Å²) in [4.78, 5) is 36.3. The van der Waals surface area contributed by atoms with Crippen molar-refractivity contribution < 1.29 is 28.6 Å². The average Bonchev–Trinajstić information content (AvgIpc) is 3.05.